The highest BCUT2D eigenvalue weighted by atomic mass is 16.1. The maximum Gasteiger partial charge on any atom is 0.251 e. The number of benzene rings is 2. The Balaban J connectivity index is 1.61. The Labute approximate surface area is 154 Å². The van der Waals surface area contributed by atoms with Gasteiger partial charge in [-0.05, 0) is 57.2 Å². The lowest BCUT2D eigenvalue weighted by atomic mass is 10.2. The molecule has 3 aromatic rings. The molecule has 3 rings (SSSR count). The van der Waals surface area contributed by atoms with E-state index in [1.54, 1.807) is 0 Å². The van der Waals surface area contributed by atoms with Crippen molar-refractivity contribution < 1.29 is 4.79 Å². The number of nitrogens with one attached hydrogen (secondary N) is 1. The van der Waals surface area contributed by atoms with Crippen LogP contribution < -0.4 is 10.2 Å². The third kappa shape index (κ3) is 3.72. The summed E-state index contributed by atoms with van der Waals surface area (Å²) in [4.78, 5) is 19.2. The Morgan fingerprint density at radius 1 is 1.08 bits per heavy atom. The van der Waals surface area contributed by atoms with E-state index in [0.717, 1.165) is 35.6 Å². The van der Waals surface area contributed by atoms with Crippen molar-refractivity contribution in [2.75, 3.05) is 24.5 Å². The summed E-state index contributed by atoms with van der Waals surface area (Å²) in [5.41, 5.74) is 3.92. The highest BCUT2D eigenvalue weighted by Gasteiger charge is 2.09. The average Bonchev–Trinajstić information content (AvgIpc) is 2.99. The Bertz CT molecular complexity index is 879. The third-order valence-corrected chi connectivity index (χ3v) is 4.72. The molecule has 0 fully saturated rings. The van der Waals surface area contributed by atoms with Crippen LogP contribution in [0.4, 0.5) is 5.69 Å². The van der Waals surface area contributed by atoms with Crippen molar-refractivity contribution in [1.29, 1.82) is 0 Å². The first-order valence-electron chi connectivity index (χ1n) is 9.19. The number of rotatable bonds is 7. The smallest absolute Gasteiger partial charge is 0.251 e. The second kappa shape index (κ2) is 8.04. The second-order valence-electron chi connectivity index (χ2n) is 6.27. The first-order valence-corrected chi connectivity index (χ1v) is 9.19. The van der Waals surface area contributed by atoms with Crippen molar-refractivity contribution in [3.8, 4) is 0 Å². The van der Waals surface area contributed by atoms with Crippen LogP contribution in [0.2, 0.25) is 0 Å². The molecule has 0 unspecified atom stereocenters. The first kappa shape index (κ1) is 18.0. The maximum absolute atomic E-state index is 12.4. The summed E-state index contributed by atoms with van der Waals surface area (Å²) in [6.07, 6.45) is 0. The summed E-state index contributed by atoms with van der Waals surface area (Å²) in [5.74, 6) is 0.919. The fourth-order valence-electron chi connectivity index (χ4n) is 3.27. The van der Waals surface area contributed by atoms with Gasteiger partial charge in [0, 0.05) is 37.4 Å². The first-order chi connectivity index (χ1) is 12.6. The van der Waals surface area contributed by atoms with Gasteiger partial charge in [-0.25, -0.2) is 4.98 Å². The summed E-state index contributed by atoms with van der Waals surface area (Å²) < 4.78 is 2.14. The molecule has 136 valence electrons. The van der Waals surface area contributed by atoms with Crippen LogP contribution in [0.3, 0.4) is 0 Å². The van der Waals surface area contributed by atoms with Gasteiger partial charge in [-0.3, -0.25) is 4.79 Å². The lowest BCUT2D eigenvalue weighted by Crippen LogP contribution is -2.27. The normalized spacial score (nSPS) is 10.9. The highest BCUT2D eigenvalue weighted by molar-refractivity contribution is 5.94. The summed E-state index contributed by atoms with van der Waals surface area (Å²) in [7, 11) is 0. The lowest BCUT2D eigenvalue weighted by molar-refractivity contribution is 0.0952. The molecule has 0 atom stereocenters. The Kier molecular flexibility index (Phi) is 5.56. The number of nitrogens with zero attached hydrogens (tertiary/aromatic N) is 3. The van der Waals surface area contributed by atoms with Gasteiger partial charge in [0.25, 0.3) is 5.91 Å². The van der Waals surface area contributed by atoms with Gasteiger partial charge in [0.2, 0.25) is 0 Å². The maximum atomic E-state index is 12.4. The zero-order chi connectivity index (χ0) is 18.5. The Morgan fingerprint density at radius 3 is 2.46 bits per heavy atom. The van der Waals surface area contributed by atoms with Gasteiger partial charge in [-0.15, -0.1) is 0 Å². The van der Waals surface area contributed by atoms with Crippen LogP contribution in [0, 0.1) is 6.92 Å². The second-order valence-corrected chi connectivity index (χ2v) is 6.27. The number of para-hydroxylation sites is 2. The number of aromatic nitrogens is 2. The largest absolute Gasteiger partial charge is 0.372 e. The molecule has 1 heterocycles. The average molecular weight is 350 g/mol. The molecule has 0 aliphatic rings. The van der Waals surface area contributed by atoms with Gasteiger partial charge in [0.05, 0.1) is 11.0 Å². The predicted molar refractivity (Wildman–Crippen MR) is 107 cm³/mol. The number of hydrogen-bond acceptors (Lipinski definition) is 3. The van der Waals surface area contributed by atoms with E-state index in [-0.39, 0.29) is 5.91 Å². The molecule has 0 saturated heterocycles. The molecular formula is C21H26N4O. The van der Waals surface area contributed by atoms with E-state index >= 15 is 0 Å². The van der Waals surface area contributed by atoms with E-state index in [0.29, 0.717) is 18.7 Å². The van der Waals surface area contributed by atoms with Crippen LogP contribution in [0.25, 0.3) is 11.0 Å². The van der Waals surface area contributed by atoms with Crippen molar-refractivity contribution in [3.05, 3.63) is 59.9 Å². The van der Waals surface area contributed by atoms with Gasteiger partial charge in [0.1, 0.15) is 5.82 Å². The van der Waals surface area contributed by atoms with E-state index in [4.69, 9.17) is 0 Å². The van der Waals surface area contributed by atoms with Crippen molar-refractivity contribution in [1.82, 2.24) is 14.9 Å². The molecule has 5 nitrogen and oxygen atoms in total. The van der Waals surface area contributed by atoms with Crippen LogP contribution in [-0.4, -0.2) is 35.1 Å². The molecule has 0 aliphatic heterocycles. The van der Waals surface area contributed by atoms with Gasteiger partial charge >= 0.3 is 0 Å². The number of carbonyl (C=O) groups excluding carboxylic acids is 1. The number of aryl methyl sites for hydroxylation is 1. The van der Waals surface area contributed by atoms with Crippen molar-refractivity contribution in [3.63, 3.8) is 0 Å². The van der Waals surface area contributed by atoms with Crippen molar-refractivity contribution >= 4 is 22.6 Å². The summed E-state index contributed by atoms with van der Waals surface area (Å²) >= 11 is 0. The molecule has 0 aliphatic carbocycles. The van der Waals surface area contributed by atoms with E-state index in [2.05, 4.69) is 39.7 Å². The van der Waals surface area contributed by atoms with Gasteiger partial charge in [-0.1, -0.05) is 12.1 Å². The minimum Gasteiger partial charge on any atom is -0.372 e. The molecular weight excluding hydrogens is 324 g/mol. The monoisotopic (exact) mass is 350 g/mol. The molecule has 1 amide bonds. The Hall–Kier alpha value is -2.82. The molecule has 1 aromatic heterocycles. The van der Waals surface area contributed by atoms with Crippen LogP contribution in [-0.2, 0) is 6.54 Å². The molecule has 2 aromatic carbocycles. The predicted octanol–water partition coefficient (Wildman–Crippen LogP) is 3.62. The fourth-order valence-corrected chi connectivity index (χ4v) is 3.27. The van der Waals surface area contributed by atoms with E-state index in [9.17, 15) is 4.79 Å². The molecule has 0 radical (unpaired) electrons. The van der Waals surface area contributed by atoms with Gasteiger partial charge < -0.3 is 14.8 Å². The van der Waals surface area contributed by atoms with Gasteiger partial charge in [-0.2, -0.15) is 0 Å². The third-order valence-electron chi connectivity index (χ3n) is 4.72. The zero-order valence-electron chi connectivity index (χ0n) is 15.7. The minimum atomic E-state index is -0.0434. The summed E-state index contributed by atoms with van der Waals surface area (Å²) in [5, 5.41) is 3.00. The minimum absolute atomic E-state index is 0.0434. The zero-order valence-corrected chi connectivity index (χ0v) is 15.7. The summed E-state index contributed by atoms with van der Waals surface area (Å²) in [6.45, 7) is 9.44. The highest BCUT2D eigenvalue weighted by Crippen LogP contribution is 2.16. The molecule has 0 spiro atoms. The van der Waals surface area contributed by atoms with Crippen LogP contribution in [0.1, 0.15) is 30.0 Å². The van der Waals surface area contributed by atoms with E-state index < -0.39 is 0 Å². The number of amides is 1. The SMILES string of the molecule is CCN(CC)c1ccc(C(=O)NCCn2c(C)nc3ccccc32)cc1. The molecule has 5 heteroatoms. The molecule has 0 bridgehead atoms. The van der Waals surface area contributed by atoms with Crippen molar-refractivity contribution in [2.24, 2.45) is 0 Å². The number of hydrogen-bond donors (Lipinski definition) is 1. The van der Waals surface area contributed by atoms with Crippen LogP contribution in [0.5, 0.6) is 0 Å². The molecule has 0 saturated carbocycles. The topological polar surface area (TPSA) is 50.2 Å². The fraction of sp³-hybridized carbons (Fsp3) is 0.333. The molecule has 1 N–H and O–H groups in total. The lowest BCUT2D eigenvalue weighted by Gasteiger charge is -2.21. The summed E-state index contributed by atoms with van der Waals surface area (Å²) in [6, 6.07) is 15.9. The van der Waals surface area contributed by atoms with Crippen LogP contribution >= 0.6 is 0 Å². The number of imidazole rings is 1. The molecule has 26 heavy (non-hydrogen) atoms. The van der Waals surface area contributed by atoms with E-state index in [1.807, 2.05) is 49.4 Å². The van der Waals surface area contributed by atoms with E-state index in [1.165, 1.54) is 0 Å². The van der Waals surface area contributed by atoms with Gasteiger partial charge in [0.15, 0.2) is 0 Å². The van der Waals surface area contributed by atoms with Crippen LogP contribution in [0.15, 0.2) is 48.5 Å². The van der Waals surface area contributed by atoms with Crippen molar-refractivity contribution in [2.45, 2.75) is 27.3 Å². The number of fused-ring (bicyclic) bond motifs is 1. The Morgan fingerprint density at radius 2 is 1.77 bits per heavy atom. The number of carbonyl (C=O) groups is 1. The quantitative estimate of drug-likeness (QED) is 0.708. The number of anilines is 1. The standard InChI is InChI=1S/C21H26N4O/c1-4-24(5-2)18-12-10-17(11-13-18)21(26)22-14-15-25-16(3)23-19-8-6-7-9-20(19)25/h6-13H,4-5,14-15H2,1-3H3,(H,22,26).